The summed E-state index contributed by atoms with van der Waals surface area (Å²) >= 11 is 11.4. The first-order valence-corrected chi connectivity index (χ1v) is 6.84. The molecule has 1 atom stereocenters. The third-order valence-corrected chi connectivity index (χ3v) is 4.93. The molecule has 0 fully saturated rings. The zero-order valence-electron chi connectivity index (χ0n) is 8.17. The van der Waals surface area contributed by atoms with E-state index in [-0.39, 0.29) is 4.83 Å². The number of rotatable bonds is 3. The summed E-state index contributed by atoms with van der Waals surface area (Å²) < 4.78 is 5.40. The van der Waals surface area contributed by atoms with Gasteiger partial charge in [-0.15, -0.1) is 11.3 Å². The molecule has 1 nitrogen and oxygen atoms in total. The zero-order valence-corrected chi connectivity index (χ0v) is 11.3. The topological polar surface area (TPSA) is 13.1 Å². The van der Waals surface area contributed by atoms with Crippen molar-refractivity contribution in [3.8, 4) is 0 Å². The van der Waals surface area contributed by atoms with E-state index in [4.69, 9.17) is 16.0 Å². The summed E-state index contributed by atoms with van der Waals surface area (Å²) in [6.45, 7) is 2.08. The van der Waals surface area contributed by atoms with Gasteiger partial charge in [-0.05, 0) is 17.5 Å². The summed E-state index contributed by atoms with van der Waals surface area (Å²) in [6.07, 6.45) is 2.62. The minimum Gasteiger partial charge on any atom is -0.469 e. The van der Waals surface area contributed by atoms with Gasteiger partial charge in [-0.2, -0.15) is 0 Å². The van der Waals surface area contributed by atoms with E-state index in [9.17, 15) is 0 Å². The van der Waals surface area contributed by atoms with E-state index in [1.54, 1.807) is 17.6 Å². The molecule has 0 aromatic carbocycles. The van der Waals surface area contributed by atoms with Gasteiger partial charge in [-0.25, -0.2) is 0 Å². The van der Waals surface area contributed by atoms with Gasteiger partial charge in [0.25, 0.3) is 0 Å². The van der Waals surface area contributed by atoms with Crippen molar-refractivity contribution in [1.82, 2.24) is 0 Å². The van der Waals surface area contributed by atoms with Gasteiger partial charge in [-0.3, -0.25) is 0 Å². The van der Waals surface area contributed by atoms with Crippen LogP contribution in [0, 0.1) is 0 Å². The molecule has 15 heavy (non-hydrogen) atoms. The average Bonchev–Trinajstić information content (AvgIpc) is 2.84. The van der Waals surface area contributed by atoms with Crippen LogP contribution in [0.25, 0.3) is 0 Å². The van der Waals surface area contributed by atoms with Crippen molar-refractivity contribution in [1.29, 1.82) is 0 Å². The Morgan fingerprint density at radius 2 is 2.33 bits per heavy atom. The van der Waals surface area contributed by atoms with Crippen molar-refractivity contribution < 1.29 is 4.42 Å². The highest BCUT2D eigenvalue weighted by Gasteiger charge is 2.19. The number of hydrogen-bond donors (Lipinski definition) is 0. The van der Waals surface area contributed by atoms with Gasteiger partial charge in [-0.1, -0.05) is 34.5 Å². The highest BCUT2D eigenvalue weighted by Crippen LogP contribution is 2.40. The molecule has 4 heteroatoms. The first-order chi connectivity index (χ1) is 7.24. The summed E-state index contributed by atoms with van der Waals surface area (Å²) in [5.74, 6) is 1.02. The molecular weight excluding hydrogens is 296 g/mol. The molecule has 0 saturated heterocycles. The fourth-order valence-electron chi connectivity index (χ4n) is 1.49. The van der Waals surface area contributed by atoms with E-state index in [0.717, 1.165) is 22.1 Å². The molecule has 0 radical (unpaired) electrons. The lowest BCUT2D eigenvalue weighted by atomic mass is 10.1. The Morgan fingerprint density at radius 1 is 1.53 bits per heavy atom. The molecule has 0 saturated carbocycles. The van der Waals surface area contributed by atoms with Crippen LogP contribution in [0.3, 0.4) is 0 Å². The maximum atomic E-state index is 6.10. The Balaban J connectivity index is 2.36. The second kappa shape index (κ2) is 4.73. The predicted molar refractivity (Wildman–Crippen MR) is 68.2 cm³/mol. The van der Waals surface area contributed by atoms with Crippen molar-refractivity contribution in [2.75, 3.05) is 0 Å². The Morgan fingerprint density at radius 3 is 2.93 bits per heavy atom. The van der Waals surface area contributed by atoms with Gasteiger partial charge in [0.2, 0.25) is 0 Å². The Bertz CT molecular complexity index is 449. The van der Waals surface area contributed by atoms with Crippen LogP contribution < -0.4 is 0 Å². The SMILES string of the molecule is CCc1occc1C(Br)c1sccc1Cl. The Labute approximate surface area is 106 Å². The zero-order chi connectivity index (χ0) is 10.8. The van der Waals surface area contributed by atoms with Gasteiger partial charge >= 0.3 is 0 Å². The molecule has 2 aromatic heterocycles. The maximum Gasteiger partial charge on any atom is 0.108 e. The van der Waals surface area contributed by atoms with Crippen LogP contribution >= 0.6 is 38.9 Å². The first-order valence-electron chi connectivity index (χ1n) is 4.67. The molecular formula is C11H10BrClOS. The third kappa shape index (κ3) is 2.14. The molecule has 0 amide bonds. The van der Waals surface area contributed by atoms with Crippen molar-refractivity contribution in [3.63, 3.8) is 0 Å². The summed E-state index contributed by atoms with van der Waals surface area (Å²) in [6, 6.07) is 3.91. The molecule has 80 valence electrons. The number of halogens is 2. The molecule has 0 N–H and O–H groups in total. The van der Waals surface area contributed by atoms with Crippen LogP contribution in [-0.4, -0.2) is 0 Å². The third-order valence-electron chi connectivity index (χ3n) is 2.25. The number of thiophene rings is 1. The van der Waals surface area contributed by atoms with Crippen LogP contribution in [-0.2, 0) is 6.42 Å². The average molecular weight is 306 g/mol. The van der Waals surface area contributed by atoms with Crippen molar-refractivity contribution in [2.24, 2.45) is 0 Å². The van der Waals surface area contributed by atoms with E-state index >= 15 is 0 Å². The van der Waals surface area contributed by atoms with Gasteiger partial charge in [0.05, 0.1) is 16.1 Å². The first kappa shape index (κ1) is 11.2. The van der Waals surface area contributed by atoms with Crippen LogP contribution in [0.5, 0.6) is 0 Å². The van der Waals surface area contributed by atoms with Crippen molar-refractivity contribution in [2.45, 2.75) is 18.2 Å². The lowest BCUT2D eigenvalue weighted by Gasteiger charge is -2.07. The molecule has 0 aliphatic rings. The second-order valence-corrected chi connectivity index (χ2v) is 5.42. The van der Waals surface area contributed by atoms with Crippen LogP contribution in [0.4, 0.5) is 0 Å². The molecule has 0 spiro atoms. The lowest BCUT2D eigenvalue weighted by molar-refractivity contribution is 0.512. The van der Waals surface area contributed by atoms with E-state index in [0.29, 0.717) is 0 Å². The minimum absolute atomic E-state index is 0.138. The fraction of sp³-hybridized carbons (Fsp3) is 0.273. The molecule has 0 aliphatic carbocycles. The van der Waals surface area contributed by atoms with Crippen LogP contribution in [0.2, 0.25) is 5.02 Å². The van der Waals surface area contributed by atoms with E-state index in [1.165, 1.54) is 5.56 Å². The fourth-order valence-corrected chi connectivity index (χ4v) is 3.76. The molecule has 1 unspecified atom stereocenters. The number of furan rings is 1. The van der Waals surface area contributed by atoms with Crippen molar-refractivity contribution >= 4 is 38.9 Å². The summed E-state index contributed by atoms with van der Waals surface area (Å²) in [5.41, 5.74) is 1.17. The molecule has 2 rings (SSSR count). The molecule has 0 bridgehead atoms. The van der Waals surface area contributed by atoms with Gasteiger partial charge < -0.3 is 4.42 Å². The number of alkyl halides is 1. The van der Waals surface area contributed by atoms with Gasteiger partial charge in [0.1, 0.15) is 5.76 Å². The highest BCUT2D eigenvalue weighted by atomic mass is 79.9. The van der Waals surface area contributed by atoms with E-state index in [2.05, 4.69) is 22.9 Å². The van der Waals surface area contributed by atoms with Gasteiger partial charge in [0, 0.05) is 16.9 Å². The maximum absolute atomic E-state index is 6.10. The molecule has 2 heterocycles. The standard InChI is InChI=1S/C11H10BrClOS/c1-2-9-7(3-5-14-9)10(12)11-8(13)4-6-15-11/h3-6,10H,2H2,1H3. The smallest absolute Gasteiger partial charge is 0.108 e. The lowest BCUT2D eigenvalue weighted by Crippen LogP contribution is -1.92. The largest absolute Gasteiger partial charge is 0.469 e. The minimum atomic E-state index is 0.138. The van der Waals surface area contributed by atoms with E-state index in [1.807, 2.05) is 17.5 Å². The predicted octanol–water partition coefficient (Wildman–Crippen LogP) is 5.04. The monoisotopic (exact) mass is 304 g/mol. The summed E-state index contributed by atoms with van der Waals surface area (Å²) in [7, 11) is 0. The summed E-state index contributed by atoms with van der Waals surface area (Å²) in [4.78, 5) is 1.27. The normalized spacial score (nSPS) is 13.0. The second-order valence-electron chi connectivity index (χ2n) is 3.15. The Hall–Kier alpha value is -0.250. The number of aryl methyl sites for hydroxylation is 1. The van der Waals surface area contributed by atoms with Crippen LogP contribution in [0.15, 0.2) is 28.2 Å². The van der Waals surface area contributed by atoms with Gasteiger partial charge in [0.15, 0.2) is 0 Å². The van der Waals surface area contributed by atoms with Crippen molar-refractivity contribution in [3.05, 3.63) is 45.0 Å². The number of hydrogen-bond acceptors (Lipinski definition) is 2. The van der Waals surface area contributed by atoms with Crippen LogP contribution in [0.1, 0.15) is 28.0 Å². The quantitative estimate of drug-likeness (QED) is 0.724. The molecule has 0 aliphatic heterocycles. The molecule has 2 aromatic rings. The highest BCUT2D eigenvalue weighted by molar-refractivity contribution is 9.09. The Kier molecular flexibility index (Phi) is 3.54. The van der Waals surface area contributed by atoms with E-state index < -0.39 is 0 Å². The summed E-state index contributed by atoms with van der Waals surface area (Å²) in [5, 5.41) is 2.81.